The zero-order chi connectivity index (χ0) is 26.2. The van der Waals surface area contributed by atoms with Crippen LogP contribution < -0.4 is 0 Å². The van der Waals surface area contributed by atoms with Crippen molar-refractivity contribution in [1.29, 1.82) is 0 Å². The first-order chi connectivity index (χ1) is 16.7. The van der Waals surface area contributed by atoms with Crippen LogP contribution in [-0.4, -0.2) is 58.4 Å². The summed E-state index contributed by atoms with van der Waals surface area (Å²) in [6, 6.07) is 0. The quantitative estimate of drug-likeness (QED) is 0.356. The van der Waals surface area contributed by atoms with Gasteiger partial charge >= 0.3 is 11.2 Å². The Bertz CT molecular complexity index is 992. The lowest BCUT2D eigenvalue weighted by Gasteiger charge is -2.71. The summed E-state index contributed by atoms with van der Waals surface area (Å²) in [6.45, 7) is -0.790. The normalized spacial score (nSPS) is 39.9. The first-order valence-electron chi connectivity index (χ1n) is 13.3. The molecule has 0 aromatic carbocycles. The van der Waals surface area contributed by atoms with Crippen LogP contribution in [-0.2, 0) is 19.6 Å². The zero-order valence-electron chi connectivity index (χ0n) is 20.4. The molecule has 0 aliphatic heterocycles. The lowest BCUT2D eigenvalue weighted by molar-refractivity contribution is -0.276. The minimum atomic E-state index is -6.19. The summed E-state index contributed by atoms with van der Waals surface area (Å²) in [6.07, 6.45) is 5.07. The average molecular weight is 538 g/mol. The van der Waals surface area contributed by atoms with Gasteiger partial charge in [-0.25, -0.2) is 12.8 Å². The van der Waals surface area contributed by atoms with Crippen LogP contribution in [0, 0.1) is 28.6 Å². The molecule has 2 N–H and O–H groups in total. The third-order valence-electron chi connectivity index (χ3n) is 10.7. The molecule has 0 aromatic rings. The van der Waals surface area contributed by atoms with Crippen molar-refractivity contribution in [2.24, 2.45) is 28.6 Å². The molecule has 0 heterocycles. The number of hydrogen-bond acceptors (Lipinski definition) is 7. The van der Waals surface area contributed by atoms with Crippen LogP contribution in [0.4, 0.5) is 13.2 Å². The second-order valence-electron chi connectivity index (χ2n) is 12.5. The molecule has 6 saturated carbocycles. The number of esters is 1. The van der Waals surface area contributed by atoms with Crippen molar-refractivity contribution in [3.63, 3.8) is 0 Å². The number of hydrogen-bond donors (Lipinski definition) is 2. The molecule has 7 nitrogen and oxygen atoms in total. The molecule has 0 saturated heterocycles. The number of carbonyl (C=O) groups excluding carboxylic acids is 1. The number of ether oxygens (including phenoxy) is 1. The van der Waals surface area contributed by atoms with Crippen molar-refractivity contribution >= 4 is 16.1 Å². The molecular formula is C25H36F3O7S-. The largest absolute Gasteiger partial charge is 0.743 e. The fourth-order valence-electron chi connectivity index (χ4n) is 9.40. The Kier molecular flexibility index (Phi) is 6.34. The molecule has 6 rings (SSSR count). The van der Waals surface area contributed by atoms with Crippen LogP contribution in [0.15, 0.2) is 0 Å². The summed E-state index contributed by atoms with van der Waals surface area (Å²) >= 11 is 0. The molecule has 0 radical (unpaired) electrons. The molecule has 11 heteroatoms. The summed E-state index contributed by atoms with van der Waals surface area (Å²) in [5, 5.41) is 18.7. The Morgan fingerprint density at radius 2 is 1.61 bits per heavy atom. The van der Waals surface area contributed by atoms with E-state index in [0.29, 0.717) is 44.9 Å². The van der Waals surface area contributed by atoms with Gasteiger partial charge in [0.15, 0.2) is 16.3 Å². The molecule has 6 aliphatic carbocycles. The van der Waals surface area contributed by atoms with Crippen LogP contribution in [0.5, 0.6) is 0 Å². The SMILES string of the molecule is O=C(OCCC(F)C(F)(F)S(=O)(=O)[O-])C1C2CC3CC(C4(O)CCCC4)(C2)CC1(C1(O)CCCC1)C3. The van der Waals surface area contributed by atoms with Crippen LogP contribution in [0.2, 0.25) is 0 Å². The van der Waals surface area contributed by atoms with Gasteiger partial charge in [-0.2, -0.15) is 8.78 Å². The minimum Gasteiger partial charge on any atom is -0.743 e. The molecule has 0 spiro atoms. The number of alkyl halides is 3. The predicted molar refractivity (Wildman–Crippen MR) is 120 cm³/mol. The van der Waals surface area contributed by atoms with Gasteiger partial charge in [0, 0.05) is 17.3 Å². The smallest absolute Gasteiger partial charge is 0.364 e. The number of aliphatic hydroxyl groups is 2. The zero-order valence-corrected chi connectivity index (χ0v) is 21.2. The fourth-order valence-corrected chi connectivity index (χ4v) is 9.83. The first kappa shape index (κ1) is 26.7. The van der Waals surface area contributed by atoms with Crippen molar-refractivity contribution in [2.45, 2.75) is 113 Å². The summed E-state index contributed by atoms with van der Waals surface area (Å²) in [4.78, 5) is 13.5. The highest BCUT2D eigenvalue weighted by Gasteiger charge is 2.74. The van der Waals surface area contributed by atoms with E-state index in [1.165, 1.54) is 0 Å². The van der Waals surface area contributed by atoms with Crippen molar-refractivity contribution in [2.75, 3.05) is 6.61 Å². The molecule has 4 bridgehead atoms. The van der Waals surface area contributed by atoms with Gasteiger partial charge in [0.1, 0.15) is 0 Å². The summed E-state index contributed by atoms with van der Waals surface area (Å²) in [5.74, 6) is -1.25. The highest BCUT2D eigenvalue weighted by Crippen LogP contribution is 2.75. The molecule has 6 aliphatic rings. The monoisotopic (exact) mass is 537 g/mol. The molecule has 6 atom stereocenters. The van der Waals surface area contributed by atoms with Crippen molar-refractivity contribution in [3.05, 3.63) is 0 Å². The van der Waals surface area contributed by atoms with Crippen LogP contribution in [0.25, 0.3) is 0 Å². The second-order valence-corrected chi connectivity index (χ2v) is 13.9. The molecular weight excluding hydrogens is 501 g/mol. The van der Waals surface area contributed by atoms with Gasteiger partial charge in [0.05, 0.1) is 23.7 Å². The van der Waals surface area contributed by atoms with Gasteiger partial charge < -0.3 is 19.5 Å². The molecule has 0 aromatic heterocycles. The maximum Gasteiger partial charge on any atom is 0.364 e. The van der Waals surface area contributed by atoms with Crippen molar-refractivity contribution < 1.29 is 45.9 Å². The van der Waals surface area contributed by atoms with E-state index in [1.807, 2.05) is 0 Å². The van der Waals surface area contributed by atoms with Crippen LogP contribution >= 0.6 is 0 Å². The topological polar surface area (TPSA) is 124 Å². The van der Waals surface area contributed by atoms with E-state index in [2.05, 4.69) is 0 Å². The average Bonchev–Trinajstić information content (AvgIpc) is 3.42. The minimum absolute atomic E-state index is 0.141. The Morgan fingerprint density at radius 1 is 1.03 bits per heavy atom. The Hall–Kier alpha value is -0.910. The maximum absolute atomic E-state index is 13.9. The van der Waals surface area contributed by atoms with E-state index >= 15 is 0 Å². The van der Waals surface area contributed by atoms with Crippen LogP contribution in [0.3, 0.4) is 0 Å². The van der Waals surface area contributed by atoms with Gasteiger partial charge in [0.2, 0.25) is 0 Å². The van der Waals surface area contributed by atoms with Crippen molar-refractivity contribution in [1.82, 2.24) is 0 Å². The summed E-state index contributed by atoms with van der Waals surface area (Å²) in [5.41, 5.74) is -3.10. The second kappa shape index (κ2) is 8.55. The fraction of sp³-hybridized carbons (Fsp3) is 0.960. The Morgan fingerprint density at radius 3 is 2.19 bits per heavy atom. The standard InChI is InChI=1S/C25H37F3O7S/c26-18(25(27,28)36(32,33)34)5-10-35-20(29)19-17-11-16-12-21(14-17,23(30)6-1-2-7-23)15-22(19,13-16)24(31)8-3-4-9-24/h16-19,30-31H,1-15H2,(H,32,33,34)/p-1. The number of rotatable bonds is 8. The summed E-state index contributed by atoms with van der Waals surface area (Å²) in [7, 11) is -6.19. The van der Waals surface area contributed by atoms with E-state index in [0.717, 1.165) is 38.5 Å². The van der Waals surface area contributed by atoms with E-state index in [4.69, 9.17) is 4.74 Å². The van der Waals surface area contributed by atoms with Gasteiger partial charge in [-0.3, -0.25) is 4.79 Å². The third kappa shape index (κ3) is 3.77. The summed E-state index contributed by atoms with van der Waals surface area (Å²) < 4.78 is 78.3. The number of carbonyl (C=O) groups is 1. The lowest BCUT2D eigenvalue weighted by Crippen LogP contribution is -2.70. The highest BCUT2D eigenvalue weighted by atomic mass is 32.2. The Balaban J connectivity index is 1.40. The maximum atomic E-state index is 13.9. The molecule has 0 amide bonds. The van der Waals surface area contributed by atoms with Crippen molar-refractivity contribution in [3.8, 4) is 0 Å². The lowest BCUT2D eigenvalue weighted by atomic mass is 9.34. The van der Waals surface area contributed by atoms with E-state index in [9.17, 15) is 41.1 Å². The highest BCUT2D eigenvalue weighted by molar-refractivity contribution is 7.86. The van der Waals surface area contributed by atoms with E-state index in [-0.39, 0.29) is 17.3 Å². The molecule has 6 fully saturated rings. The number of halogens is 3. The van der Waals surface area contributed by atoms with Gasteiger partial charge in [-0.05, 0) is 69.6 Å². The molecule has 206 valence electrons. The first-order valence-corrected chi connectivity index (χ1v) is 14.7. The molecule has 36 heavy (non-hydrogen) atoms. The van der Waals surface area contributed by atoms with Gasteiger partial charge in [-0.1, -0.05) is 25.7 Å². The van der Waals surface area contributed by atoms with Gasteiger partial charge in [0.25, 0.3) is 0 Å². The Labute approximate surface area is 209 Å². The van der Waals surface area contributed by atoms with Gasteiger partial charge in [-0.15, -0.1) is 0 Å². The predicted octanol–water partition coefficient (Wildman–Crippen LogP) is 3.82. The molecule has 6 unspecified atom stereocenters. The third-order valence-corrected chi connectivity index (χ3v) is 11.6. The van der Waals surface area contributed by atoms with E-state index < -0.39 is 63.1 Å². The van der Waals surface area contributed by atoms with E-state index in [1.54, 1.807) is 0 Å². The van der Waals surface area contributed by atoms with Crippen LogP contribution in [0.1, 0.15) is 89.9 Å².